The fourth-order valence-corrected chi connectivity index (χ4v) is 2.99. The zero-order chi connectivity index (χ0) is 15.4. The highest BCUT2D eigenvalue weighted by Gasteiger charge is 2.13. The zero-order valence-electron chi connectivity index (χ0n) is 12.6. The van der Waals surface area contributed by atoms with Gasteiger partial charge in [0, 0.05) is 0 Å². The lowest BCUT2D eigenvalue weighted by Gasteiger charge is -2.10. The number of thioether (sulfide) groups is 1. The summed E-state index contributed by atoms with van der Waals surface area (Å²) in [6, 6.07) is 8.20. The number of carboxylic acids is 1. The number of carboxylic acid groups (broad SMARTS) is 1. The van der Waals surface area contributed by atoms with Crippen molar-refractivity contribution in [2.24, 2.45) is 0 Å². The van der Waals surface area contributed by atoms with E-state index in [0.717, 1.165) is 34.8 Å². The lowest BCUT2D eigenvalue weighted by atomic mass is 10.1. The van der Waals surface area contributed by atoms with Gasteiger partial charge in [-0.1, -0.05) is 42.8 Å². The van der Waals surface area contributed by atoms with Gasteiger partial charge in [0.05, 0.1) is 17.1 Å². The molecule has 0 spiro atoms. The lowest BCUT2D eigenvalue weighted by Crippen LogP contribution is -2.04. The van der Waals surface area contributed by atoms with Crippen LogP contribution in [0.5, 0.6) is 0 Å². The second kappa shape index (κ2) is 6.80. The van der Waals surface area contributed by atoms with Crippen LogP contribution in [-0.4, -0.2) is 26.6 Å². The number of carbonyl (C=O) groups is 1. The summed E-state index contributed by atoms with van der Waals surface area (Å²) in [5.74, 6) is -0.771. The zero-order valence-corrected chi connectivity index (χ0v) is 13.4. The molecule has 4 nitrogen and oxygen atoms in total. The van der Waals surface area contributed by atoms with E-state index in [4.69, 9.17) is 5.11 Å². The molecule has 0 aliphatic rings. The van der Waals surface area contributed by atoms with Crippen LogP contribution < -0.4 is 0 Å². The summed E-state index contributed by atoms with van der Waals surface area (Å²) in [7, 11) is 0. The average molecular weight is 304 g/mol. The van der Waals surface area contributed by atoms with Crippen molar-refractivity contribution >= 4 is 17.7 Å². The first-order valence-electron chi connectivity index (χ1n) is 7.02. The number of hydrogen-bond acceptors (Lipinski definition) is 3. The van der Waals surface area contributed by atoms with Gasteiger partial charge in [0.2, 0.25) is 0 Å². The summed E-state index contributed by atoms with van der Waals surface area (Å²) in [5.41, 5.74) is 4.36. The Morgan fingerprint density at radius 1 is 1.33 bits per heavy atom. The monoisotopic (exact) mass is 304 g/mol. The van der Waals surface area contributed by atoms with Gasteiger partial charge in [0.15, 0.2) is 0 Å². The maximum absolute atomic E-state index is 10.8. The Kier molecular flexibility index (Phi) is 5.07. The summed E-state index contributed by atoms with van der Waals surface area (Å²) >= 11 is 1.31. The molecule has 2 aromatic rings. The van der Waals surface area contributed by atoms with Gasteiger partial charge < -0.3 is 5.11 Å². The third kappa shape index (κ3) is 3.88. The third-order valence-corrected chi connectivity index (χ3v) is 4.14. The van der Waals surface area contributed by atoms with Crippen LogP contribution in [0.25, 0.3) is 5.69 Å². The maximum Gasteiger partial charge on any atom is 0.313 e. The molecule has 0 bridgehead atoms. The van der Waals surface area contributed by atoms with Gasteiger partial charge in [-0.05, 0) is 38.0 Å². The number of aryl methyl sites for hydroxylation is 3. The van der Waals surface area contributed by atoms with Crippen molar-refractivity contribution in [1.82, 2.24) is 9.78 Å². The first-order valence-corrected chi connectivity index (χ1v) is 8.01. The Morgan fingerprint density at radius 3 is 2.71 bits per heavy atom. The number of nitrogens with zero attached hydrogens (tertiary/aromatic N) is 2. The van der Waals surface area contributed by atoms with Gasteiger partial charge in [0.25, 0.3) is 0 Å². The summed E-state index contributed by atoms with van der Waals surface area (Å²) in [4.78, 5) is 10.8. The minimum Gasteiger partial charge on any atom is -0.481 e. The van der Waals surface area contributed by atoms with Crippen LogP contribution in [0.15, 0.2) is 29.3 Å². The van der Waals surface area contributed by atoms with Crippen LogP contribution in [-0.2, 0) is 11.2 Å². The van der Waals surface area contributed by atoms with Gasteiger partial charge >= 0.3 is 5.97 Å². The number of hydrogen-bond donors (Lipinski definition) is 1. The highest BCUT2D eigenvalue weighted by molar-refractivity contribution is 7.99. The minimum atomic E-state index is -0.814. The number of aromatic nitrogens is 2. The van der Waals surface area contributed by atoms with E-state index in [1.807, 2.05) is 16.8 Å². The van der Waals surface area contributed by atoms with Crippen LogP contribution in [0.3, 0.4) is 0 Å². The molecular formula is C16H20N2O2S. The van der Waals surface area contributed by atoms with E-state index in [2.05, 4.69) is 38.0 Å². The van der Waals surface area contributed by atoms with E-state index in [9.17, 15) is 4.79 Å². The number of benzene rings is 1. The van der Waals surface area contributed by atoms with Crippen molar-refractivity contribution in [2.45, 2.75) is 38.6 Å². The molecule has 0 aliphatic carbocycles. The molecule has 1 heterocycles. The number of rotatable bonds is 6. The van der Waals surface area contributed by atoms with Gasteiger partial charge in [-0.25, -0.2) is 4.68 Å². The first-order chi connectivity index (χ1) is 10.0. The fraction of sp³-hybridized carbons (Fsp3) is 0.375. The summed E-state index contributed by atoms with van der Waals surface area (Å²) in [6.07, 6.45) is 1.92. The lowest BCUT2D eigenvalue weighted by molar-refractivity contribution is -0.133. The third-order valence-electron chi connectivity index (χ3n) is 3.16. The van der Waals surface area contributed by atoms with Gasteiger partial charge in [-0.15, -0.1) is 0 Å². The molecule has 21 heavy (non-hydrogen) atoms. The Bertz CT molecular complexity index is 650. The molecule has 0 unspecified atom stereocenters. The molecule has 2 rings (SSSR count). The van der Waals surface area contributed by atoms with Crippen LogP contribution >= 0.6 is 11.8 Å². The van der Waals surface area contributed by atoms with Crippen molar-refractivity contribution in [3.63, 3.8) is 0 Å². The van der Waals surface area contributed by atoms with Crippen LogP contribution in [0.1, 0.15) is 30.2 Å². The summed E-state index contributed by atoms with van der Waals surface area (Å²) < 4.78 is 1.87. The summed E-state index contributed by atoms with van der Waals surface area (Å²) in [6.45, 7) is 6.22. The molecule has 1 aromatic carbocycles. The Labute approximate surface area is 129 Å². The summed E-state index contributed by atoms with van der Waals surface area (Å²) in [5, 5.41) is 14.4. The molecule has 0 aliphatic heterocycles. The Hall–Kier alpha value is -1.75. The van der Waals surface area contributed by atoms with E-state index in [0.29, 0.717) is 0 Å². The van der Waals surface area contributed by atoms with Crippen molar-refractivity contribution in [1.29, 1.82) is 0 Å². The molecule has 5 heteroatoms. The maximum atomic E-state index is 10.8. The van der Waals surface area contributed by atoms with E-state index in [1.54, 1.807) is 0 Å². The van der Waals surface area contributed by atoms with Crippen molar-refractivity contribution in [3.05, 3.63) is 41.1 Å². The van der Waals surface area contributed by atoms with Gasteiger partial charge in [0.1, 0.15) is 5.03 Å². The quantitative estimate of drug-likeness (QED) is 0.828. The predicted octanol–water partition coefficient (Wildman–Crippen LogP) is 3.62. The minimum absolute atomic E-state index is 0.0438. The van der Waals surface area contributed by atoms with E-state index < -0.39 is 5.97 Å². The standard InChI is InChI=1S/C16H20N2O2S/c1-4-5-13-9-15(21-10-16(19)20)18(17-13)14-7-6-11(2)8-12(14)3/h6-9H,4-5,10H2,1-3H3,(H,19,20). The van der Waals surface area contributed by atoms with Crippen LogP contribution in [0.2, 0.25) is 0 Å². The molecule has 0 saturated carbocycles. The molecule has 0 atom stereocenters. The second-order valence-corrected chi connectivity index (χ2v) is 6.10. The highest BCUT2D eigenvalue weighted by atomic mass is 32.2. The topological polar surface area (TPSA) is 55.1 Å². The normalized spacial score (nSPS) is 10.8. The molecule has 0 amide bonds. The second-order valence-electron chi connectivity index (χ2n) is 5.11. The first kappa shape index (κ1) is 15.6. The van der Waals surface area contributed by atoms with E-state index in [1.165, 1.54) is 17.3 Å². The molecule has 112 valence electrons. The molecule has 0 saturated heterocycles. The Morgan fingerprint density at radius 2 is 2.10 bits per heavy atom. The van der Waals surface area contributed by atoms with Crippen LogP contribution in [0.4, 0.5) is 0 Å². The van der Waals surface area contributed by atoms with E-state index in [-0.39, 0.29) is 5.75 Å². The number of aliphatic carboxylic acids is 1. The van der Waals surface area contributed by atoms with E-state index >= 15 is 0 Å². The smallest absolute Gasteiger partial charge is 0.313 e. The fourth-order valence-electron chi connectivity index (χ4n) is 2.24. The SMILES string of the molecule is CCCc1cc(SCC(=O)O)n(-c2ccc(C)cc2C)n1. The van der Waals surface area contributed by atoms with Crippen molar-refractivity contribution in [3.8, 4) is 5.69 Å². The predicted molar refractivity (Wildman–Crippen MR) is 85.4 cm³/mol. The van der Waals surface area contributed by atoms with Crippen molar-refractivity contribution in [2.75, 3.05) is 5.75 Å². The van der Waals surface area contributed by atoms with Crippen molar-refractivity contribution < 1.29 is 9.90 Å². The Balaban J connectivity index is 2.41. The highest BCUT2D eigenvalue weighted by Crippen LogP contribution is 2.25. The molecular weight excluding hydrogens is 284 g/mol. The largest absolute Gasteiger partial charge is 0.481 e. The molecule has 0 radical (unpaired) electrons. The average Bonchev–Trinajstić information content (AvgIpc) is 2.79. The van der Waals surface area contributed by atoms with Gasteiger partial charge in [-0.2, -0.15) is 5.10 Å². The molecule has 1 N–H and O–H groups in total. The molecule has 1 aromatic heterocycles. The van der Waals surface area contributed by atoms with Gasteiger partial charge in [-0.3, -0.25) is 4.79 Å². The molecule has 0 fully saturated rings. The van der Waals surface area contributed by atoms with Crippen LogP contribution in [0, 0.1) is 13.8 Å².